The quantitative estimate of drug-likeness (QED) is 0.264. The normalized spacial score (nSPS) is 11.8. The van der Waals surface area contributed by atoms with E-state index in [1.54, 1.807) is 18.6 Å². The van der Waals surface area contributed by atoms with Gasteiger partial charge in [-0.1, -0.05) is 0 Å². The van der Waals surface area contributed by atoms with E-state index in [-0.39, 0.29) is 0 Å². The van der Waals surface area contributed by atoms with E-state index >= 15 is 0 Å². The molecular weight excluding hydrogens is 521 g/mol. The van der Waals surface area contributed by atoms with Gasteiger partial charge in [0.1, 0.15) is 23.9 Å². The number of ether oxygens (including phenoxy) is 1. The zero-order valence-electron chi connectivity index (χ0n) is 23.3. The van der Waals surface area contributed by atoms with Gasteiger partial charge in [-0.05, 0) is 63.6 Å². The Kier molecular flexibility index (Phi) is 7.12. The van der Waals surface area contributed by atoms with E-state index in [0.717, 1.165) is 40.8 Å². The lowest BCUT2D eigenvalue weighted by molar-refractivity contribution is 0.260. The first kappa shape index (κ1) is 26.5. The largest absolute Gasteiger partial charge is 0.492 e. The predicted molar refractivity (Wildman–Crippen MR) is 157 cm³/mol. The molecule has 1 aromatic carbocycles. The summed E-state index contributed by atoms with van der Waals surface area (Å²) in [7, 11) is 7.97. The van der Waals surface area contributed by atoms with Crippen LogP contribution in [0.15, 0.2) is 61.3 Å². The highest BCUT2D eigenvalue weighted by atomic mass is 19.1. The van der Waals surface area contributed by atoms with E-state index in [2.05, 4.69) is 41.1 Å². The van der Waals surface area contributed by atoms with Crippen molar-refractivity contribution < 1.29 is 9.13 Å². The number of rotatable bonds is 9. The molecule has 208 valence electrons. The summed E-state index contributed by atoms with van der Waals surface area (Å²) in [6, 6.07) is 8.74. The van der Waals surface area contributed by atoms with Crippen molar-refractivity contribution in [1.82, 2.24) is 44.9 Å². The van der Waals surface area contributed by atoms with Crippen molar-refractivity contribution in [3.63, 3.8) is 0 Å². The van der Waals surface area contributed by atoms with Crippen LogP contribution in [0.3, 0.4) is 0 Å². The van der Waals surface area contributed by atoms with Gasteiger partial charge in [-0.15, -0.1) is 0 Å². The van der Waals surface area contributed by atoms with Gasteiger partial charge in [0.25, 0.3) is 0 Å². The number of benzene rings is 1. The fraction of sp³-hybridized carbons (Fsp3) is 0.233. The average molecular weight is 552 g/mol. The minimum absolute atomic E-state index is 0.391. The van der Waals surface area contributed by atoms with Gasteiger partial charge in [0.05, 0.1) is 34.6 Å². The van der Waals surface area contributed by atoms with Crippen molar-refractivity contribution >= 4 is 21.9 Å². The molecular formula is C30H30FN9O. The number of likely N-dealkylation sites (N-methyl/N-ethyl adjacent to an activating group) is 1. The van der Waals surface area contributed by atoms with Crippen LogP contribution in [-0.4, -0.2) is 86.3 Å². The number of nitrogens with one attached hydrogen (secondary N) is 2. The average Bonchev–Trinajstić information content (AvgIpc) is 3.56. The van der Waals surface area contributed by atoms with Gasteiger partial charge in [-0.3, -0.25) is 20.1 Å². The van der Waals surface area contributed by atoms with Crippen LogP contribution in [0.2, 0.25) is 0 Å². The zero-order chi connectivity index (χ0) is 28.5. The van der Waals surface area contributed by atoms with Crippen LogP contribution in [0.25, 0.3) is 55.8 Å². The van der Waals surface area contributed by atoms with E-state index in [0.29, 0.717) is 46.0 Å². The number of hydrogen-bond donors (Lipinski definition) is 2. The van der Waals surface area contributed by atoms with E-state index in [1.807, 2.05) is 57.6 Å². The Morgan fingerprint density at radius 3 is 2.54 bits per heavy atom. The van der Waals surface area contributed by atoms with Crippen LogP contribution in [0.1, 0.15) is 5.56 Å². The molecule has 5 heterocycles. The monoisotopic (exact) mass is 551 g/mol. The van der Waals surface area contributed by atoms with E-state index < -0.39 is 5.82 Å². The number of imidazole rings is 1. The van der Waals surface area contributed by atoms with Crippen LogP contribution in [0.4, 0.5) is 4.39 Å². The number of fused-ring (bicyclic) bond motifs is 2. The number of aromatic amines is 2. The first-order valence-electron chi connectivity index (χ1n) is 13.2. The first-order chi connectivity index (χ1) is 19.8. The van der Waals surface area contributed by atoms with E-state index in [9.17, 15) is 4.39 Å². The summed E-state index contributed by atoms with van der Waals surface area (Å²) >= 11 is 0. The van der Waals surface area contributed by atoms with Gasteiger partial charge in [-0.25, -0.2) is 9.37 Å². The third-order valence-electron chi connectivity index (χ3n) is 6.64. The Morgan fingerprint density at radius 1 is 0.854 bits per heavy atom. The molecule has 11 heteroatoms. The van der Waals surface area contributed by atoms with Gasteiger partial charge in [0.15, 0.2) is 5.82 Å². The van der Waals surface area contributed by atoms with Crippen LogP contribution >= 0.6 is 0 Å². The highest BCUT2D eigenvalue weighted by Gasteiger charge is 2.17. The van der Waals surface area contributed by atoms with Gasteiger partial charge in [-0.2, -0.15) is 5.10 Å². The molecule has 0 fully saturated rings. The second-order valence-electron chi connectivity index (χ2n) is 10.5. The molecule has 0 saturated carbocycles. The number of hydrogen-bond acceptors (Lipinski definition) is 8. The Labute approximate surface area is 236 Å². The second kappa shape index (κ2) is 11.0. The molecule has 0 radical (unpaired) electrons. The molecule has 0 aliphatic rings. The minimum atomic E-state index is -0.391. The highest BCUT2D eigenvalue weighted by Crippen LogP contribution is 2.33. The van der Waals surface area contributed by atoms with Crippen molar-refractivity contribution in [2.75, 3.05) is 41.3 Å². The fourth-order valence-corrected chi connectivity index (χ4v) is 4.74. The molecule has 0 aliphatic carbocycles. The maximum absolute atomic E-state index is 14.6. The lowest BCUT2D eigenvalue weighted by Gasteiger charge is -2.12. The fourth-order valence-electron chi connectivity index (χ4n) is 4.74. The van der Waals surface area contributed by atoms with Crippen molar-refractivity contribution in [3.8, 4) is 39.7 Å². The molecule has 2 N–H and O–H groups in total. The molecule has 41 heavy (non-hydrogen) atoms. The maximum Gasteiger partial charge on any atom is 0.159 e. The smallest absolute Gasteiger partial charge is 0.159 e. The van der Waals surface area contributed by atoms with Crippen LogP contribution in [0.5, 0.6) is 5.75 Å². The van der Waals surface area contributed by atoms with Crippen molar-refractivity contribution in [1.29, 1.82) is 0 Å². The first-order valence-corrected chi connectivity index (χ1v) is 13.2. The standard InChI is InChI=1S/C30H30FN9O/c1-39(2)5-6-41-22-9-19(8-21(31)10-22)24-14-33-15-27-28(24)36-30(35-27)29-23-11-25(34-16-26(23)37-38-29)20-7-18(12-32-13-20)17-40(3)4/h7-16H,5-6,17H2,1-4H3,(H,35,36)(H,37,38). The van der Waals surface area contributed by atoms with Crippen LogP contribution in [-0.2, 0) is 6.54 Å². The topological polar surface area (TPSA) is 112 Å². The predicted octanol–water partition coefficient (Wildman–Crippen LogP) is 4.77. The third-order valence-corrected chi connectivity index (χ3v) is 6.64. The Hall–Kier alpha value is -4.74. The van der Waals surface area contributed by atoms with E-state index in [1.165, 1.54) is 12.1 Å². The maximum atomic E-state index is 14.6. The number of pyridine rings is 3. The molecule has 5 aromatic heterocycles. The summed E-state index contributed by atoms with van der Waals surface area (Å²) in [4.78, 5) is 25.8. The molecule has 10 nitrogen and oxygen atoms in total. The number of H-pyrrole nitrogens is 2. The molecule has 6 rings (SSSR count). The summed E-state index contributed by atoms with van der Waals surface area (Å²) in [5.41, 5.74) is 6.92. The third kappa shape index (κ3) is 5.63. The Balaban J connectivity index is 1.37. The van der Waals surface area contributed by atoms with Crippen LogP contribution in [0, 0.1) is 5.82 Å². The summed E-state index contributed by atoms with van der Waals surface area (Å²) in [5, 5.41) is 8.47. The van der Waals surface area contributed by atoms with Crippen molar-refractivity contribution in [2.45, 2.75) is 6.54 Å². The van der Waals surface area contributed by atoms with Gasteiger partial charge in [0, 0.05) is 54.3 Å². The highest BCUT2D eigenvalue weighted by molar-refractivity contribution is 5.97. The Bertz CT molecular complexity index is 1840. The van der Waals surface area contributed by atoms with Gasteiger partial charge >= 0.3 is 0 Å². The summed E-state index contributed by atoms with van der Waals surface area (Å²) in [6.45, 7) is 1.95. The van der Waals surface area contributed by atoms with Gasteiger partial charge < -0.3 is 19.5 Å². The van der Waals surface area contributed by atoms with Gasteiger partial charge in [0.2, 0.25) is 0 Å². The lowest BCUT2D eigenvalue weighted by atomic mass is 10.1. The molecule has 0 aliphatic heterocycles. The number of halogens is 1. The number of aromatic nitrogens is 7. The summed E-state index contributed by atoms with van der Waals surface area (Å²) in [6.07, 6.45) is 8.82. The molecule has 0 unspecified atom stereocenters. The molecule has 0 atom stereocenters. The lowest BCUT2D eigenvalue weighted by Crippen LogP contribution is -2.19. The molecule has 0 saturated heterocycles. The van der Waals surface area contributed by atoms with Crippen LogP contribution < -0.4 is 4.74 Å². The summed E-state index contributed by atoms with van der Waals surface area (Å²) < 4.78 is 20.4. The minimum Gasteiger partial charge on any atom is -0.492 e. The SMILES string of the molecule is CN(C)CCOc1cc(F)cc(-c2cncc3[nH]c(-c4n[nH]c5cnc(-c6cncc(CN(C)C)c6)cc45)nc23)c1. The molecule has 6 aromatic rings. The molecule has 0 bridgehead atoms. The van der Waals surface area contributed by atoms with E-state index in [4.69, 9.17) is 9.72 Å². The van der Waals surface area contributed by atoms with Crippen molar-refractivity contribution in [2.24, 2.45) is 0 Å². The van der Waals surface area contributed by atoms with Crippen molar-refractivity contribution in [3.05, 3.63) is 72.7 Å². The zero-order valence-corrected chi connectivity index (χ0v) is 23.3. The number of nitrogens with zero attached hydrogens (tertiary/aromatic N) is 7. The molecule has 0 spiro atoms. The second-order valence-corrected chi connectivity index (χ2v) is 10.5. The Morgan fingerprint density at radius 2 is 1.71 bits per heavy atom. The summed E-state index contributed by atoms with van der Waals surface area (Å²) in [5.74, 6) is 0.630. The molecule has 0 amide bonds.